The van der Waals surface area contributed by atoms with E-state index in [0.29, 0.717) is 6.42 Å². The molecule has 0 saturated carbocycles. The topological polar surface area (TPSA) is 72.8 Å². The quantitative estimate of drug-likeness (QED) is 0.147. The number of hydrogen-bond acceptors (Lipinski definition) is 5. The highest BCUT2D eigenvalue weighted by molar-refractivity contribution is 6.19. The van der Waals surface area contributed by atoms with Gasteiger partial charge in [-0.15, -0.1) is 0 Å². The number of ketones is 1. The highest BCUT2D eigenvalue weighted by atomic mass is 16.6. The number of carbonyl (C=O) groups is 2. The molecule has 0 aromatic heterocycles. The molecule has 2 rings (SSSR count). The Hall–Kier alpha value is -2.14. The van der Waals surface area contributed by atoms with E-state index in [1.165, 1.54) is 64.2 Å². The summed E-state index contributed by atoms with van der Waals surface area (Å²) >= 11 is 0. The summed E-state index contributed by atoms with van der Waals surface area (Å²) in [5.41, 5.74) is 0.897. The minimum Gasteiger partial charge on any atom is -0.488 e. The molecule has 1 aromatic rings. The van der Waals surface area contributed by atoms with Crippen molar-refractivity contribution in [2.75, 3.05) is 6.61 Å². The van der Waals surface area contributed by atoms with Crippen LogP contribution in [0, 0.1) is 0 Å². The average molecular weight is 459 g/mol. The summed E-state index contributed by atoms with van der Waals surface area (Å²) in [4.78, 5) is 25.0. The predicted molar refractivity (Wildman–Crippen MR) is 131 cm³/mol. The van der Waals surface area contributed by atoms with Gasteiger partial charge in [0, 0.05) is 6.42 Å². The highest BCUT2D eigenvalue weighted by Crippen LogP contribution is 2.27. The Labute approximate surface area is 199 Å². The summed E-state index contributed by atoms with van der Waals surface area (Å²) in [6.07, 6.45) is 15.5. The summed E-state index contributed by atoms with van der Waals surface area (Å²) in [5, 5.41) is 9.55. The zero-order chi connectivity index (χ0) is 23.7. The number of ether oxygens (including phenoxy) is 2. The molecule has 1 unspecified atom stereocenters. The van der Waals surface area contributed by atoms with Gasteiger partial charge in [-0.25, -0.2) is 4.79 Å². The molecule has 1 aliphatic rings. The lowest BCUT2D eigenvalue weighted by Crippen LogP contribution is -2.18. The first-order valence-corrected chi connectivity index (χ1v) is 12.9. The van der Waals surface area contributed by atoms with Gasteiger partial charge in [0.1, 0.15) is 12.2 Å². The SMILES string of the molecule is CCCCCCCCCCCCCCCC(=O)C1=C(OCc2ccccc2)C(CO)OC1=O. The van der Waals surface area contributed by atoms with Crippen molar-refractivity contribution in [1.82, 2.24) is 0 Å². The van der Waals surface area contributed by atoms with Crippen molar-refractivity contribution in [3.8, 4) is 0 Å². The van der Waals surface area contributed by atoms with Gasteiger partial charge in [0.05, 0.1) is 6.61 Å². The van der Waals surface area contributed by atoms with Gasteiger partial charge in [-0.1, -0.05) is 114 Å². The summed E-state index contributed by atoms with van der Waals surface area (Å²) in [7, 11) is 0. The number of unbranched alkanes of at least 4 members (excludes halogenated alkanes) is 12. The van der Waals surface area contributed by atoms with Crippen molar-refractivity contribution in [1.29, 1.82) is 0 Å². The maximum Gasteiger partial charge on any atom is 0.346 e. The van der Waals surface area contributed by atoms with Crippen molar-refractivity contribution in [3.05, 3.63) is 47.2 Å². The fourth-order valence-electron chi connectivity index (χ4n) is 4.20. The minimum absolute atomic E-state index is 0.0242. The first-order valence-electron chi connectivity index (χ1n) is 12.9. The van der Waals surface area contributed by atoms with Crippen LogP contribution < -0.4 is 0 Å². The van der Waals surface area contributed by atoms with E-state index in [0.717, 1.165) is 24.8 Å². The number of carbonyl (C=O) groups excluding carboxylic acids is 2. The van der Waals surface area contributed by atoms with Gasteiger partial charge in [-0.3, -0.25) is 4.79 Å². The maximum absolute atomic E-state index is 12.7. The molecular weight excluding hydrogens is 416 g/mol. The van der Waals surface area contributed by atoms with Crippen LogP contribution in [0.5, 0.6) is 0 Å². The first-order chi connectivity index (χ1) is 16.2. The van der Waals surface area contributed by atoms with Crippen LogP contribution in [0.4, 0.5) is 0 Å². The van der Waals surface area contributed by atoms with Crippen LogP contribution in [-0.4, -0.2) is 29.6 Å². The number of Topliss-reactive ketones (excluding diaryl/α,β-unsaturated/α-hetero) is 1. The number of benzene rings is 1. The third-order valence-corrected chi connectivity index (χ3v) is 6.18. The zero-order valence-electron chi connectivity index (χ0n) is 20.4. The van der Waals surface area contributed by atoms with E-state index < -0.39 is 18.7 Å². The number of cyclic esters (lactones) is 1. The Morgan fingerprint density at radius 2 is 1.42 bits per heavy atom. The van der Waals surface area contributed by atoms with Gasteiger partial charge in [-0.2, -0.15) is 0 Å². The molecular formula is C28H42O5. The molecule has 33 heavy (non-hydrogen) atoms. The average Bonchev–Trinajstić information content (AvgIpc) is 3.16. The lowest BCUT2D eigenvalue weighted by molar-refractivity contribution is -0.142. The highest BCUT2D eigenvalue weighted by Gasteiger charge is 2.39. The van der Waals surface area contributed by atoms with E-state index in [9.17, 15) is 14.7 Å². The second-order valence-electron chi connectivity index (χ2n) is 9.01. The number of hydrogen-bond donors (Lipinski definition) is 1. The van der Waals surface area contributed by atoms with Crippen molar-refractivity contribution in [3.63, 3.8) is 0 Å². The Kier molecular flexibility index (Phi) is 13.5. The van der Waals surface area contributed by atoms with Crippen LogP contribution in [0.3, 0.4) is 0 Å². The third kappa shape index (κ3) is 10.1. The van der Waals surface area contributed by atoms with Crippen molar-refractivity contribution >= 4 is 11.8 Å². The van der Waals surface area contributed by atoms with Crippen molar-refractivity contribution in [2.24, 2.45) is 0 Å². The molecule has 0 aliphatic carbocycles. The van der Waals surface area contributed by atoms with Crippen LogP contribution in [0.15, 0.2) is 41.7 Å². The normalized spacial score (nSPS) is 15.7. The molecule has 0 fully saturated rings. The molecule has 0 spiro atoms. The molecule has 0 radical (unpaired) electrons. The van der Waals surface area contributed by atoms with E-state index in [-0.39, 0.29) is 23.7 Å². The Balaban J connectivity index is 1.65. The second-order valence-corrected chi connectivity index (χ2v) is 9.01. The van der Waals surface area contributed by atoms with Crippen LogP contribution in [0.25, 0.3) is 0 Å². The standard InChI is InChI=1S/C28H42O5/c1-2-3-4-5-6-7-8-9-10-11-12-13-17-20-24(30)26-27(25(21-29)33-28(26)31)32-22-23-18-15-14-16-19-23/h14-16,18-19,25,29H,2-13,17,20-22H2,1H3. The molecule has 1 atom stereocenters. The molecule has 0 saturated heterocycles. The summed E-state index contributed by atoms with van der Waals surface area (Å²) in [5.74, 6) is -0.759. The molecule has 1 N–H and O–H groups in total. The maximum atomic E-state index is 12.7. The Bertz CT molecular complexity index is 725. The van der Waals surface area contributed by atoms with Gasteiger partial charge < -0.3 is 14.6 Å². The number of aliphatic hydroxyl groups is 1. The summed E-state index contributed by atoms with van der Waals surface area (Å²) in [6, 6.07) is 9.51. The lowest BCUT2D eigenvalue weighted by atomic mass is 10.0. The number of aliphatic hydroxyl groups excluding tert-OH is 1. The molecule has 1 aliphatic heterocycles. The number of esters is 1. The fraction of sp³-hybridized carbons (Fsp3) is 0.643. The van der Waals surface area contributed by atoms with Crippen molar-refractivity contribution < 1.29 is 24.2 Å². The predicted octanol–water partition coefficient (Wildman–Crippen LogP) is 6.43. The Morgan fingerprint density at radius 3 is 1.97 bits per heavy atom. The van der Waals surface area contributed by atoms with E-state index in [1.807, 2.05) is 30.3 Å². The van der Waals surface area contributed by atoms with E-state index in [4.69, 9.17) is 9.47 Å². The van der Waals surface area contributed by atoms with Crippen LogP contribution in [0.1, 0.15) is 102 Å². The molecule has 1 aromatic carbocycles. The van der Waals surface area contributed by atoms with E-state index in [1.54, 1.807) is 0 Å². The van der Waals surface area contributed by atoms with Gasteiger partial charge in [0.2, 0.25) is 0 Å². The molecule has 5 heteroatoms. The second kappa shape index (κ2) is 16.5. The van der Waals surface area contributed by atoms with Crippen molar-refractivity contribution in [2.45, 2.75) is 110 Å². The third-order valence-electron chi connectivity index (χ3n) is 6.18. The number of rotatable bonds is 19. The van der Waals surface area contributed by atoms with Crippen LogP contribution in [0.2, 0.25) is 0 Å². The summed E-state index contributed by atoms with van der Waals surface area (Å²) in [6.45, 7) is 2.07. The first kappa shape index (κ1) is 27.1. The molecule has 0 bridgehead atoms. The van der Waals surface area contributed by atoms with E-state index in [2.05, 4.69) is 6.92 Å². The fourth-order valence-corrected chi connectivity index (χ4v) is 4.20. The lowest BCUT2D eigenvalue weighted by Gasteiger charge is -2.13. The monoisotopic (exact) mass is 458 g/mol. The smallest absolute Gasteiger partial charge is 0.346 e. The van der Waals surface area contributed by atoms with E-state index >= 15 is 0 Å². The van der Waals surface area contributed by atoms with Gasteiger partial charge >= 0.3 is 5.97 Å². The molecule has 5 nitrogen and oxygen atoms in total. The minimum atomic E-state index is -0.896. The van der Waals surface area contributed by atoms with Crippen LogP contribution in [-0.2, 0) is 25.7 Å². The largest absolute Gasteiger partial charge is 0.488 e. The van der Waals surface area contributed by atoms with Gasteiger partial charge in [0.25, 0.3) is 0 Å². The van der Waals surface area contributed by atoms with Gasteiger partial charge in [-0.05, 0) is 12.0 Å². The van der Waals surface area contributed by atoms with Crippen LogP contribution >= 0.6 is 0 Å². The summed E-state index contributed by atoms with van der Waals surface area (Å²) < 4.78 is 10.9. The Morgan fingerprint density at radius 1 is 0.879 bits per heavy atom. The molecule has 1 heterocycles. The van der Waals surface area contributed by atoms with Gasteiger partial charge in [0.15, 0.2) is 17.6 Å². The molecule has 184 valence electrons. The molecule has 0 amide bonds. The zero-order valence-corrected chi connectivity index (χ0v) is 20.4.